The van der Waals surface area contributed by atoms with Crippen molar-refractivity contribution < 1.29 is 23.1 Å². The smallest absolute Gasteiger partial charge is 0.330 e. The molecule has 0 aliphatic carbocycles. The summed E-state index contributed by atoms with van der Waals surface area (Å²) in [6, 6.07) is -0.792. The first-order chi connectivity index (χ1) is 7.49. The normalized spacial score (nSPS) is 13.5. The minimum atomic E-state index is -3.11. The van der Waals surface area contributed by atoms with E-state index in [9.17, 15) is 9.36 Å². The Morgan fingerprint density at radius 2 is 1.81 bits per heavy atom. The monoisotopic (exact) mass is 253 g/mol. The molecule has 0 heterocycles. The molecule has 0 saturated heterocycles. The highest BCUT2D eigenvalue weighted by molar-refractivity contribution is 7.53. The number of nitrogens with two attached hydrogens (primary N) is 1. The average molecular weight is 253 g/mol. The van der Waals surface area contributed by atoms with Crippen molar-refractivity contribution in [2.45, 2.75) is 26.3 Å². The van der Waals surface area contributed by atoms with Gasteiger partial charge >= 0.3 is 13.6 Å². The first kappa shape index (κ1) is 15.6. The van der Waals surface area contributed by atoms with Crippen LogP contribution in [0, 0.1) is 0 Å². The summed E-state index contributed by atoms with van der Waals surface area (Å²) in [7, 11) is -1.85. The Bertz CT molecular complexity index is 248. The molecule has 0 aliphatic rings. The van der Waals surface area contributed by atoms with Crippen molar-refractivity contribution >= 4 is 13.6 Å². The number of carbonyl (C=O) groups is 1. The van der Waals surface area contributed by atoms with Gasteiger partial charge in [-0.3, -0.25) is 9.36 Å². The van der Waals surface area contributed by atoms with Crippen molar-refractivity contribution in [3.63, 3.8) is 0 Å². The van der Waals surface area contributed by atoms with Crippen LogP contribution in [0.2, 0.25) is 0 Å². The topological polar surface area (TPSA) is 87.9 Å². The predicted molar refractivity (Wildman–Crippen MR) is 60.3 cm³/mol. The quantitative estimate of drug-likeness (QED) is 0.515. The van der Waals surface area contributed by atoms with Crippen molar-refractivity contribution in [3.05, 3.63) is 0 Å². The Hall–Kier alpha value is -0.420. The standard InChI is InChI=1S/C9H20NO5P/c1-4-14-16(12,15-5-2)7-6-8(10)9(11)13-3/h8H,4-7,10H2,1-3H3. The van der Waals surface area contributed by atoms with Gasteiger partial charge in [0.15, 0.2) is 0 Å². The van der Waals surface area contributed by atoms with Crippen molar-refractivity contribution in [3.8, 4) is 0 Å². The Morgan fingerprint density at radius 1 is 1.31 bits per heavy atom. The van der Waals surface area contributed by atoms with E-state index in [4.69, 9.17) is 14.8 Å². The molecule has 0 aromatic rings. The van der Waals surface area contributed by atoms with Crippen molar-refractivity contribution in [1.29, 1.82) is 0 Å². The maximum atomic E-state index is 12.0. The third kappa shape index (κ3) is 5.61. The van der Waals surface area contributed by atoms with Crippen LogP contribution in [-0.2, 0) is 23.1 Å². The summed E-state index contributed by atoms with van der Waals surface area (Å²) < 4.78 is 26.6. The number of esters is 1. The van der Waals surface area contributed by atoms with Crippen LogP contribution in [0.4, 0.5) is 0 Å². The molecule has 1 unspecified atom stereocenters. The van der Waals surface area contributed by atoms with E-state index in [0.29, 0.717) is 13.2 Å². The Labute approximate surface area is 96.0 Å². The molecule has 0 radical (unpaired) electrons. The summed E-state index contributed by atoms with van der Waals surface area (Å²) >= 11 is 0. The van der Waals surface area contributed by atoms with Crippen molar-refractivity contribution in [2.75, 3.05) is 26.5 Å². The number of hydrogen-bond acceptors (Lipinski definition) is 6. The molecule has 7 heteroatoms. The lowest BCUT2D eigenvalue weighted by atomic mass is 10.2. The van der Waals surface area contributed by atoms with Crippen LogP contribution in [-0.4, -0.2) is 38.5 Å². The molecule has 0 rings (SSSR count). The number of hydrogen-bond donors (Lipinski definition) is 1. The highest BCUT2D eigenvalue weighted by Gasteiger charge is 2.26. The molecular weight excluding hydrogens is 233 g/mol. The van der Waals surface area contributed by atoms with E-state index in [2.05, 4.69) is 4.74 Å². The van der Waals surface area contributed by atoms with Crippen LogP contribution < -0.4 is 5.73 Å². The summed E-state index contributed by atoms with van der Waals surface area (Å²) in [4.78, 5) is 11.0. The van der Waals surface area contributed by atoms with Gasteiger partial charge in [0.25, 0.3) is 0 Å². The third-order valence-corrected chi connectivity index (χ3v) is 3.98. The summed E-state index contributed by atoms with van der Waals surface area (Å²) in [5, 5.41) is 0. The maximum absolute atomic E-state index is 12.0. The van der Waals surface area contributed by atoms with Gasteiger partial charge in [-0.15, -0.1) is 0 Å². The molecule has 16 heavy (non-hydrogen) atoms. The highest BCUT2D eigenvalue weighted by atomic mass is 31.2. The zero-order valence-electron chi connectivity index (χ0n) is 9.97. The zero-order chi connectivity index (χ0) is 12.6. The molecule has 0 aromatic heterocycles. The average Bonchev–Trinajstić information content (AvgIpc) is 2.25. The fourth-order valence-corrected chi connectivity index (χ4v) is 2.84. The lowest BCUT2D eigenvalue weighted by Gasteiger charge is -2.18. The number of rotatable bonds is 8. The van der Waals surface area contributed by atoms with Crippen LogP contribution in [0.1, 0.15) is 20.3 Å². The van der Waals surface area contributed by atoms with E-state index in [0.717, 1.165) is 0 Å². The van der Waals surface area contributed by atoms with Gasteiger partial charge in [0.1, 0.15) is 6.04 Å². The van der Waals surface area contributed by atoms with E-state index < -0.39 is 19.6 Å². The summed E-state index contributed by atoms with van der Waals surface area (Å²) in [6.07, 6.45) is 0.328. The van der Waals surface area contributed by atoms with Crippen LogP contribution in [0.15, 0.2) is 0 Å². The summed E-state index contributed by atoms with van der Waals surface area (Å²) in [5.41, 5.74) is 5.52. The molecule has 96 valence electrons. The number of ether oxygens (including phenoxy) is 1. The van der Waals surface area contributed by atoms with Crippen LogP contribution in [0.3, 0.4) is 0 Å². The van der Waals surface area contributed by atoms with Gasteiger partial charge in [-0.25, -0.2) is 0 Å². The molecule has 0 aromatic carbocycles. The highest BCUT2D eigenvalue weighted by Crippen LogP contribution is 2.48. The molecule has 6 nitrogen and oxygen atoms in total. The van der Waals surface area contributed by atoms with Crippen molar-refractivity contribution in [1.82, 2.24) is 0 Å². The van der Waals surface area contributed by atoms with Gasteiger partial charge in [0.05, 0.1) is 26.5 Å². The molecule has 0 fully saturated rings. The molecule has 0 aliphatic heterocycles. The van der Waals surface area contributed by atoms with E-state index in [1.165, 1.54) is 7.11 Å². The van der Waals surface area contributed by atoms with Crippen LogP contribution in [0.5, 0.6) is 0 Å². The van der Waals surface area contributed by atoms with Gasteiger partial charge in [-0.1, -0.05) is 0 Å². The largest absolute Gasteiger partial charge is 0.468 e. The van der Waals surface area contributed by atoms with Gasteiger partial charge < -0.3 is 19.5 Å². The van der Waals surface area contributed by atoms with E-state index in [-0.39, 0.29) is 12.6 Å². The maximum Gasteiger partial charge on any atom is 0.330 e. The predicted octanol–water partition coefficient (Wildman–Crippen LogP) is 1.14. The summed E-state index contributed by atoms with van der Waals surface area (Å²) in [5.74, 6) is -0.528. The molecule has 1 atom stereocenters. The molecule has 0 saturated carbocycles. The minimum Gasteiger partial charge on any atom is -0.468 e. The van der Waals surface area contributed by atoms with Crippen molar-refractivity contribution in [2.24, 2.45) is 5.73 Å². The lowest BCUT2D eigenvalue weighted by molar-refractivity contribution is -0.142. The molecule has 0 bridgehead atoms. The zero-order valence-corrected chi connectivity index (χ0v) is 10.9. The molecule has 2 N–H and O–H groups in total. The van der Waals surface area contributed by atoms with Crippen LogP contribution in [0.25, 0.3) is 0 Å². The third-order valence-electron chi connectivity index (χ3n) is 1.87. The molecular formula is C9H20NO5P. The van der Waals surface area contributed by atoms with E-state index in [1.54, 1.807) is 13.8 Å². The first-order valence-corrected chi connectivity index (χ1v) is 6.93. The fraction of sp³-hybridized carbons (Fsp3) is 0.889. The number of methoxy groups -OCH3 is 1. The number of carbonyl (C=O) groups excluding carboxylic acids is 1. The Kier molecular flexibility index (Phi) is 7.58. The molecule has 0 amide bonds. The first-order valence-electron chi connectivity index (χ1n) is 5.20. The Balaban J connectivity index is 4.21. The second kappa shape index (κ2) is 7.79. The SMILES string of the molecule is CCOP(=O)(CCC(N)C(=O)OC)OCC. The van der Waals surface area contributed by atoms with Gasteiger partial charge in [0.2, 0.25) is 0 Å². The van der Waals surface area contributed by atoms with E-state index in [1.807, 2.05) is 0 Å². The van der Waals surface area contributed by atoms with Gasteiger partial charge in [-0.2, -0.15) is 0 Å². The second-order valence-electron chi connectivity index (χ2n) is 3.09. The van der Waals surface area contributed by atoms with E-state index >= 15 is 0 Å². The molecule has 0 spiro atoms. The van der Waals surface area contributed by atoms with Gasteiger partial charge in [-0.05, 0) is 20.3 Å². The Morgan fingerprint density at radius 3 is 2.19 bits per heavy atom. The van der Waals surface area contributed by atoms with Gasteiger partial charge in [0, 0.05) is 0 Å². The van der Waals surface area contributed by atoms with Crippen LogP contribution >= 0.6 is 7.60 Å². The second-order valence-corrected chi connectivity index (χ2v) is 5.27. The lowest BCUT2D eigenvalue weighted by Crippen LogP contribution is -2.32. The minimum absolute atomic E-state index is 0.116. The fourth-order valence-electron chi connectivity index (χ4n) is 1.13. The summed E-state index contributed by atoms with van der Waals surface area (Å²) in [6.45, 7) is 4.05.